The van der Waals surface area contributed by atoms with Crippen molar-refractivity contribution in [2.45, 2.75) is 39.5 Å². The third-order valence-electron chi connectivity index (χ3n) is 6.42. The summed E-state index contributed by atoms with van der Waals surface area (Å²) in [6.07, 6.45) is 3.94. The van der Waals surface area contributed by atoms with Gasteiger partial charge in [-0.3, -0.25) is 0 Å². The summed E-state index contributed by atoms with van der Waals surface area (Å²) in [7, 11) is 1.68. The Hall–Kier alpha value is -3.41. The lowest BCUT2D eigenvalue weighted by Gasteiger charge is -2.11. The summed E-state index contributed by atoms with van der Waals surface area (Å²) < 4.78 is 21.8. The van der Waals surface area contributed by atoms with Gasteiger partial charge in [-0.2, -0.15) is 0 Å². The minimum Gasteiger partial charge on any atom is -0.494 e. The topological polar surface area (TPSA) is 54.0 Å². The summed E-state index contributed by atoms with van der Waals surface area (Å²) in [5, 5.41) is 0. The van der Waals surface area contributed by atoms with Crippen LogP contribution in [0.15, 0.2) is 79.4 Å². The third kappa shape index (κ3) is 9.47. The molecule has 0 N–H and O–H groups in total. The number of carbonyl (C=O) groups excluding carboxylic acids is 1. The van der Waals surface area contributed by atoms with Gasteiger partial charge < -0.3 is 18.9 Å². The molecule has 0 aliphatic rings. The highest BCUT2D eigenvalue weighted by atomic mass is 16.5. The zero-order chi connectivity index (χ0) is 27.2. The first-order chi connectivity index (χ1) is 18.5. The van der Waals surface area contributed by atoms with Gasteiger partial charge in [-0.15, -0.1) is 0 Å². The second kappa shape index (κ2) is 15.8. The van der Waals surface area contributed by atoms with Crippen LogP contribution in [-0.2, 0) is 20.6 Å². The predicted molar refractivity (Wildman–Crippen MR) is 153 cm³/mol. The Labute approximate surface area is 227 Å². The van der Waals surface area contributed by atoms with Crippen molar-refractivity contribution in [2.75, 3.05) is 33.5 Å². The lowest BCUT2D eigenvalue weighted by Crippen LogP contribution is -2.08. The van der Waals surface area contributed by atoms with E-state index in [2.05, 4.69) is 44.7 Å². The Morgan fingerprint density at radius 2 is 1.37 bits per heavy atom. The summed E-state index contributed by atoms with van der Waals surface area (Å²) >= 11 is 0. The molecule has 0 aromatic heterocycles. The smallest absolute Gasteiger partial charge is 0.343 e. The van der Waals surface area contributed by atoms with E-state index in [4.69, 9.17) is 18.9 Å². The van der Waals surface area contributed by atoms with Gasteiger partial charge >= 0.3 is 5.97 Å². The van der Waals surface area contributed by atoms with Crippen LogP contribution >= 0.6 is 0 Å². The van der Waals surface area contributed by atoms with Gasteiger partial charge in [0.15, 0.2) is 0 Å². The van der Waals surface area contributed by atoms with Gasteiger partial charge in [0.2, 0.25) is 0 Å². The van der Waals surface area contributed by atoms with E-state index in [0.717, 1.165) is 36.0 Å². The standard InChI is InChI=1S/C33H40O5/c1-5-25(2)24-27-8-10-29(11-9-27)30-16-18-32(19-17-30)38-33(34)31-14-12-28(13-15-31)26(3)37-23-7-22-36-21-6-20-35-4/h8-19,25H,3,5-7,20-24H2,1-2,4H3. The van der Waals surface area contributed by atoms with E-state index in [1.807, 2.05) is 36.4 Å². The second-order valence-electron chi connectivity index (χ2n) is 9.49. The summed E-state index contributed by atoms with van der Waals surface area (Å²) in [6.45, 7) is 11.0. The summed E-state index contributed by atoms with van der Waals surface area (Å²) in [4.78, 5) is 12.6. The SMILES string of the molecule is C=C(OCCCOCCCOC)c1ccc(C(=O)Oc2ccc(-c3ccc(CC(C)CC)cc3)cc2)cc1. The molecule has 0 bridgehead atoms. The van der Waals surface area contributed by atoms with Crippen molar-refractivity contribution in [2.24, 2.45) is 5.92 Å². The molecule has 0 saturated carbocycles. The number of esters is 1. The molecule has 0 radical (unpaired) electrons. The molecule has 202 valence electrons. The molecule has 0 heterocycles. The Bertz CT molecular complexity index is 1120. The van der Waals surface area contributed by atoms with Crippen molar-refractivity contribution < 1.29 is 23.7 Å². The van der Waals surface area contributed by atoms with E-state index >= 15 is 0 Å². The van der Waals surface area contributed by atoms with Crippen LogP contribution in [0.25, 0.3) is 16.9 Å². The van der Waals surface area contributed by atoms with Crippen LogP contribution in [0.5, 0.6) is 5.75 Å². The van der Waals surface area contributed by atoms with Gasteiger partial charge in [0.05, 0.1) is 12.2 Å². The Balaban J connectivity index is 1.45. The molecule has 0 amide bonds. The van der Waals surface area contributed by atoms with Crippen molar-refractivity contribution >= 4 is 11.7 Å². The quantitative estimate of drug-likeness (QED) is 0.0849. The van der Waals surface area contributed by atoms with Gasteiger partial charge in [0.25, 0.3) is 0 Å². The lowest BCUT2D eigenvalue weighted by atomic mass is 9.97. The minimum absolute atomic E-state index is 0.407. The monoisotopic (exact) mass is 516 g/mol. The van der Waals surface area contributed by atoms with Gasteiger partial charge in [0, 0.05) is 38.9 Å². The van der Waals surface area contributed by atoms with Gasteiger partial charge in [0.1, 0.15) is 11.5 Å². The molecule has 0 aliphatic carbocycles. The second-order valence-corrected chi connectivity index (χ2v) is 9.49. The van der Waals surface area contributed by atoms with Crippen LogP contribution in [0.2, 0.25) is 0 Å². The normalized spacial score (nSPS) is 11.7. The van der Waals surface area contributed by atoms with E-state index in [0.29, 0.717) is 49.4 Å². The largest absolute Gasteiger partial charge is 0.494 e. The number of benzene rings is 3. The molecule has 0 saturated heterocycles. The number of hydrogen-bond donors (Lipinski definition) is 0. The molecule has 5 nitrogen and oxygen atoms in total. The first-order valence-electron chi connectivity index (χ1n) is 13.4. The highest BCUT2D eigenvalue weighted by Crippen LogP contribution is 2.24. The van der Waals surface area contributed by atoms with Crippen molar-refractivity contribution in [1.82, 2.24) is 0 Å². The summed E-state index contributed by atoms with van der Waals surface area (Å²) in [5.41, 5.74) is 4.87. The van der Waals surface area contributed by atoms with E-state index < -0.39 is 5.97 Å². The Kier molecular flexibility index (Phi) is 12.1. The Morgan fingerprint density at radius 3 is 1.97 bits per heavy atom. The van der Waals surface area contributed by atoms with Crippen molar-refractivity contribution in [3.63, 3.8) is 0 Å². The molecule has 38 heavy (non-hydrogen) atoms. The molecule has 1 unspecified atom stereocenters. The number of carbonyl (C=O) groups is 1. The molecule has 3 rings (SSSR count). The minimum atomic E-state index is -0.407. The Morgan fingerprint density at radius 1 is 0.789 bits per heavy atom. The van der Waals surface area contributed by atoms with E-state index in [-0.39, 0.29) is 0 Å². The maximum Gasteiger partial charge on any atom is 0.343 e. The van der Waals surface area contributed by atoms with Crippen LogP contribution in [0, 0.1) is 5.92 Å². The van der Waals surface area contributed by atoms with Crippen LogP contribution in [0.4, 0.5) is 0 Å². The number of ether oxygens (including phenoxy) is 4. The van der Waals surface area contributed by atoms with Crippen molar-refractivity contribution in [3.05, 3.63) is 96.1 Å². The molecular weight excluding hydrogens is 476 g/mol. The average molecular weight is 517 g/mol. The average Bonchev–Trinajstić information content (AvgIpc) is 2.95. The van der Waals surface area contributed by atoms with E-state index in [1.54, 1.807) is 19.2 Å². The fourth-order valence-corrected chi connectivity index (χ4v) is 3.90. The number of rotatable bonds is 16. The van der Waals surface area contributed by atoms with E-state index in [9.17, 15) is 4.79 Å². The zero-order valence-electron chi connectivity index (χ0n) is 22.9. The maximum absolute atomic E-state index is 12.6. The molecule has 3 aromatic rings. The highest BCUT2D eigenvalue weighted by Gasteiger charge is 2.10. The summed E-state index contributed by atoms with van der Waals surface area (Å²) in [6, 6.07) is 23.4. The molecule has 0 fully saturated rings. The zero-order valence-corrected chi connectivity index (χ0v) is 22.9. The molecule has 5 heteroatoms. The van der Waals surface area contributed by atoms with Crippen LogP contribution in [0.3, 0.4) is 0 Å². The molecule has 3 aromatic carbocycles. The lowest BCUT2D eigenvalue weighted by molar-refractivity contribution is 0.0734. The summed E-state index contributed by atoms with van der Waals surface area (Å²) in [5.74, 6) is 1.35. The highest BCUT2D eigenvalue weighted by molar-refractivity contribution is 5.91. The first kappa shape index (κ1) is 29.2. The van der Waals surface area contributed by atoms with Crippen molar-refractivity contribution in [3.8, 4) is 16.9 Å². The molecule has 1 atom stereocenters. The molecular formula is C33H40O5. The van der Waals surface area contributed by atoms with Crippen LogP contribution < -0.4 is 4.74 Å². The maximum atomic E-state index is 12.6. The van der Waals surface area contributed by atoms with Gasteiger partial charge in [-0.05, 0) is 59.7 Å². The van der Waals surface area contributed by atoms with Crippen molar-refractivity contribution in [1.29, 1.82) is 0 Å². The van der Waals surface area contributed by atoms with Gasteiger partial charge in [-0.1, -0.05) is 75.4 Å². The number of methoxy groups -OCH3 is 1. The number of hydrogen-bond acceptors (Lipinski definition) is 5. The third-order valence-corrected chi connectivity index (χ3v) is 6.42. The molecule has 0 spiro atoms. The fourth-order valence-electron chi connectivity index (χ4n) is 3.90. The van der Waals surface area contributed by atoms with Crippen LogP contribution in [-0.4, -0.2) is 39.5 Å². The van der Waals surface area contributed by atoms with E-state index in [1.165, 1.54) is 12.0 Å². The van der Waals surface area contributed by atoms with Crippen LogP contribution in [0.1, 0.15) is 54.6 Å². The fraction of sp³-hybridized carbons (Fsp3) is 0.364. The van der Waals surface area contributed by atoms with Gasteiger partial charge in [-0.25, -0.2) is 4.79 Å². The first-order valence-corrected chi connectivity index (χ1v) is 13.4. The predicted octanol–water partition coefficient (Wildman–Crippen LogP) is 7.59. The molecule has 0 aliphatic heterocycles.